The highest BCUT2D eigenvalue weighted by atomic mass is 32.2. The van der Waals surface area contributed by atoms with Gasteiger partial charge in [0.2, 0.25) is 0 Å². The molecule has 1 saturated carbocycles. The maximum atomic E-state index is 12.4. The molecule has 1 fully saturated rings. The Morgan fingerprint density at radius 2 is 1.87 bits per heavy atom. The molecule has 2 amide bonds. The molecule has 1 aromatic carbocycles. The van der Waals surface area contributed by atoms with E-state index in [4.69, 9.17) is 5.73 Å². The fraction of sp³-hybridized carbons (Fsp3) is 0.450. The highest BCUT2D eigenvalue weighted by Gasteiger charge is 2.49. The van der Waals surface area contributed by atoms with Gasteiger partial charge >= 0.3 is 6.03 Å². The number of nitrogens with one attached hydrogen (secondary N) is 2. The van der Waals surface area contributed by atoms with Gasteiger partial charge in [0.1, 0.15) is 10.6 Å². The molecular weight excluding hydrogens is 404 g/mol. The van der Waals surface area contributed by atoms with Crippen molar-refractivity contribution in [1.29, 1.82) is 0 Å². The average Bonchev–Trinajstić information content (AvgIpc) is 2.59. The minimum absolute atomic E-state index is 0.229. The van der Waals surface area contributed by atoms with Gasteiger partial charge in [-0.05, 0) is 57.6 Å². The second kappa shape index (κ2) is 8.57. The summed E-state index contributed by atoms with van der Waals surface area (Å²) in [6.07, 6.45) is 3.15. The molecule has 30 heavy (non-hydrogen) atoms. The van der Waals surface area contributed by atoms with Crippen LogP contribution < -0.4 is 16.4 Å². The first-order valence-corrected chi connectivity index (χ1v) is 11.6. The quantitative estimate of drug-likeness (QED) is 0.608. The standard InChI is InChI=1S/C20H28N6O3S/c1-26(2)12-11-22-19(27)23-15-7-5-14(6-8-15)18-24-16(13-17(21)25-18)20(9-4-10-20)30(3,28)29/h5-8,13H,4,9-12H2,1-3H3,(H2,21,24,25)(H2,22,23,27). The normalized spacial score (nSPS) is 15.5. The van der Waals surface area contributed by atoms with E-state index < -0.39 is 14.6 Å². The zero-order chi connectivity index (χ0) is 21.9. The van der Waals surface area contributed by atoms with Crippen LogP contribution >= 0.6 is 0 Å². The van der Waals surface area contributed by atoms with E-state index in [1.807, 2.05) is 19.0 Å². The van der Waals surface area contributed by atoms with Crippen LogP contribution in [0.25, 0.3) is 11.4 Å². The predicted octanol–water partition coefficient (Wildman–Crippen LogP) is 1.83. The number of nitrogens with two attached hydrogens (primary N) is 1. The number of aromatic nitrogens is 2. The lowest BCUT2D eigenvalue weighted by Gasteiger charge is -2.39. The Balaban J connectivity index is 1.77. The predicted molar refractivity (Wildman–Crippen MR) is 118 cm³/mol. The van der Waals surface area contributed by atoms with Crippen molar-refractivity contribution in [3.8, 4) is 11.4 Å². The lowest BCUT2D eigenvalue weighted by molar-refractivity contribution is 0.250. The molecule has 0 bridgehead atoms. The molecule has 9 nitrogen and oxygen atoms in total. The molecule has 0 saturated heterocycles. The van der Waals surface area contributed by atoms with Crippen LogP contribution in [0.3, 0.4) is 0 Å². The maximum absolute atomic E-state index is 12.4. The zero-order valence-electron chi connectivity index (χ0n) is 17.5. The van der Waals surface area contributed by atoms with Crippen molar-refractivity contribution in [1.82, 2.24) is 20.2 Å². The number of hydrogen-bond acceptors (Lipinski definition) is 7. The Morgan fingerprint density at radius 1 is 1.20 bits per heavy atom. The molecule has 0 spiro atoms. The number of carbonyl (C=O) groups is 1. The molecule has 10 heteroatoms. The molecule has 0 unspecified atom stereocenters. The van der Waals surface area contributed by atoms with Gasteiger partial charge in [-0.3, -0.25) is 0 Å². The first-order valence-electron chi connectivity index (χ1n) is 9.75. The third-order valence-corrected chi connectivity index (χ3v) is 7.37. The van der Waals surface area contributed by atoms with E-state index in [9.17, 15) is 13.2 Å². The summed E-state index contributed by atoms with van der Waals surface area (Å²) >= 11 is 0. The number of urea groups is 1. The monoisotopic (exact) mass is 432 g/mol. The van der Waals surface area contributed by atoms with E-state index >= 15 is 0 Å². The molecule has 3 rings (SSSR count). The Kier molecular flexibility index (Phi) is 6.27. The molecule has 1 aromatic heterocycles. The van der Waals surface area contributed by atoms with Crippen molar-refractivity contribution in [2.45, 2.75) is 24.0 Å². The second-order valence-corrected chi connectivity index (χ2v) is 10.2. The van der Waals surface area contributed by atoms with Gasteiger partial charge in [-0.15, -0.1) is 0 Å². The largest absolute Gasteiger partial charge is 0.384 e. The number of hydrogen-bond donors (Lipinski definition) is 3. The van der Waals surface area contributed by atoms with E-state index in [0.29, 0.717) is 42.2 Å². The van der Waals surface area contributed by atoms with Gasteiger partial charge in [0, 0.05) is 36.7 Å². The van der Waals surface area contributed by atoms with Gasteiger partial charge in [0.25, 0.3) is 0 Å². The summed E-state index contributed by atoms with van der Waals surface area (Å²) in [5.74, 6) is 0.592. The SMILES string of the molecule is CN(C)CCNC(=O)Nc1ccc(-c2nc(N)cc(C3(S(C)(=O)=O)CCC3)n2)cc1. The van der Waals surface area contributed by atoms with Gasteiger partial charge in [0.05, 0.1) is 5.69 Å². The number of nitrogens with zero attached hydrogens (tertiary/aromatic N) is 3. The van der Waals surface area contributed by atoms with Gasteiger partial charge in [-0.2, -0.15) is 0 Å². The van der Waals surface area contributed by atoms with Crippen LogP contribution in [0.1, 0.15) is 25.0 Å². The van der Waals surface area contributed by atoms with E-state index in [1.165, 1.54) is 6.26 Å². The number of likely N-dealkylation sites (N-methyl/N-ethyl adjacent to an activating group) is 1. The van der Waals surface area contributed by atoms with Gasteiger partial charge in [-0.25, -0.2) is 23.2 Å². The first kappa shape index (κ1) is 22.0. The third kappa shape index (κ3) is 4.71. The Hall–Kier alpha value is -2.72. The van der Waals surface area contributed by atoms with E-state index in [0.717, 1.165) is 13.0 Å². The van der Waals surface area contributed by atoms with Crippen molar-refractivity contribution < 1.29 is 13.2 Å². The fourth-order valence-corrected chi connectivity index (χ4v) is 4.93. The molecule has 1 heterocycles. The van der Waals surface area contributed by atoms with E-state index in [-0.39, 0.29) is 11.8 Å². The van der Waals surface area contributed by atoms with Crippen LogP contribution in [0.2, 0.25) is 0 Å². The lowest BCUT2D eigenvalue weighted by atomic mass is 9.81. The minimum Gasteiger partial charge on any atom is -0.384 e. The van der Waals surface area contributed by atoms with Crippen LogP contribution in [0.5, 0.6) is 0 Å². The van der Waals surface area contributed by atoms with Crippen LogP contribution in [0.15, 0.2) is 30.3 Å². The topological polar surface area (TPSA) is 130 Å². The number of benzene rings is 1. The number of anilines is 2. The number of nitrogen functional groups attached to an aromatic ring is 1. The summed E-state index contributed by atoms with van der Waals surface area (Å²) in [7, 11) is 0.538. The van der Waals surface area contributed by atoms with E-state index in [1.54, 1.807) is 30.3 Å². The highest BCUT2D eigenvalue weighted by molar-refractivity contribution is 7.91. The van der Waals surface area contributed by atoms with Crippen LogP contribution in [0.4, 0.5) is 16.3 Å². The van der Waals surface area contributed by atoms with Crippen molar-refractivity contribution >= 4 is 27.4 Å². The van der Waals surface area contributed by atoms with Gasteiger partial charge in [-0.1, -0.05) is 0 Å². The fourth-order valence-electron chi connectivity index (χ4n) is 3.41. The molecule has 4 N–H and O–H groups in total. The maximum Gasteiger partial charge on any atom is 0.319 e. The Morgan fingerprint density at radius 3 is 2.40 bits per heavy atom. The number of carbonyl (C=O) groups excluding carboxylic acids is 1. The van der Waals surface area contributed by atoms with Crippen LogP contribution in [-0.2, 0) is 14.6 Å². The number of rotatable bonds is 7. The minimum atomic E-state index is -3.33. The summed E-state index contributed by atoms with van der Waals surface area (Å²) in [4.78, 5) is 22.7. The van der Waals surface area contributed by atoms with Crippen LogP contribution in [-0.4, -0.2) is 62.8 Å². The molecule has 0 atom stereocenters. The number of sulfone groups is 1. The molecule has 0 radical (unpaired) electrons. The van der Waals surface area contributed by atoms with Gasteiger partial charge in [0.15, 0.2) is 15.7 Å². The summed E-state index contributed by atoms with van der Waals surface area (Å²) in [5.41, 5.74) is 7.72. The number of amides is 2. The van der Waals surface area contributed by atoms with E-state index in [2.05, 4.69) is 20.6 Å². The first-order chi connectivity index (χ1) is 14.1. The second-order valence-electron chi connectivity index (χ2n) is 7.88. The van der Waals surface area contributed by atoms with Gasteiger partial charge < -0.3 is 21.3 Å². The van der Waals surface area contributed by atoms with Crippen molar-refractivity contribution in [2.75, 3.05) is 44.5 Å². The highest BCUT2D eigenvalue weighted by Crippen LogP contribution is 2.47. The lowest BCUT2D eigenvalue weighted by Crippen LogP contribution is -2.42. The Bertz CT molecular complexity index is 1020. The van der Waals surface area contributed by atoms with Crippen LogP contribution in [0, 0.1) is 0 Å². The third-order valence-electron chi connectivity index (χ3n) is 5.33. The summed E-state index contributed by atoms with van der Waals surface area (Å²) in [6.45, 7) is 1.29. The Labute approximate surface area is 177 Å². The molecule has 0 aliphatic heterocycles. The molecular formula is C20H28N6O3S. The molecule has 1 aliphatic rings. The van der Waals surface area contributed by atoms with Crippen molar-refractivity contribution in [3.63, 3.8) is 0 Å². The zero-order valence-corrected chi connectivity index (χ0v) is 18.3. The van der Waals surface area contributed by atoms with Crippen molar-refractivity contribution in [2.24, 2.45) is 0 Å². The molecule has 162 valence electrons. The average molecular weight is 433 g/mol. The van der Waals surface area contributed by atoms with Crippen molar-refractivity contribution in [3.05, 3.63) is 36.0 Å². The smallest absolute Gasteiger partial charge is 0.319 e. The summed E-state index contributed by atoms with van der Waals surface area (Å²) in [5, 5.41) is 5.54. The summed E-state index contributed by atoms with van der Waals surface area (Å²) in [6, 6.07) is 8.28. The molecule has 1 aliphatic carbocycles. The molecule has 2 aromatic rings. The summed E-state index contributed by atoms with van der Waals surface area (Å²) < 4.78 is 23.8.